The summed E-state index contributed by atoms with van der Waals surface area (Å²) < 4.78 is 8.87. The Balaban J connectivity index is 1.48. The highest BCUT2D eigenvalue weighted by atomic mass is 32.1. The van der Waals surface area contributed by atoms with E-state index in [1.165, 1.54) is 11.3 Å². The lowest BCUT2D eigenvalue weighted by Gasteiger charge is -2.25. The zero-order chi connectivity index (χ0) is 17.4. The maximum absolute atomic E-state index is 12.4. The van der Waals surface area contributed by atoms with Gasteiger partial charge in [0.25, 0.3) is 5.91 Å². The molecule has 1 aliphatic heterocycles. The Hall–Kier alpha value is -2.59. The van der Waals surface area contributed by atoms with E-state index in [9.17, 15) is 4.79 Å². The van der Waals surface area contributed by atoms with Gasteiger partial charge < -0.3 is 14.6 Å². The van der Waals surface area contributed by atoms with Gasteiger partial charge in [0.05, 0.1) is 31.1 Å². The number of aromatic nitrogens is 6. The molecule has 1 N–H and O–H groups in total. The van der Waals surface area contributed by atoms with Crippen LogP contribution < -0.4 is 5.32 Å². The molecule has 4 heterocycles. The SMILES string of the molecule is CC(C)n1cnnc1-c1nc(C(=O)Nc2cnn(C3COC3)c2)cs1. The van der Waals surface area contributed by atoms with E-state index in [1.54, 1.807) is 28.8 Å². The third-order valence-corrected chi connectivity index (χ3v) is 4.75. The number of hydrogen-bond donors (Lipinski definition) is 1. The fourth-order valence-electron chi connectivity index (χ4n) is 2.43. The third kappa shape index (κ3) is 3.05. The molecule has 10 heteroatoms. The summed E-state index contributed by atoms with van der Waals surface area (Å²) >= 11 is 1.37. The molecular formula is C15H17N7O2S. The first kappa shape index (κ1) is 15.9. The quantitative estimate of drug-likeness (QED) is 0.748. The van der Waals surface area contributed by atoms with Crippen LogP contribution >= 0.6 is 11.3 Å². The third-order valence-electron chi connectivity index (χ3n) is 3.91. The topological polar surface area (TPSA) is 99.8 Å². The molecule has 1 saturated heterocycles. The van der Waals surface area contributed by atoms with E-state index in [4.69, 9.17) is 4.74 Å². The number of ether oxygens (including phenoxy) is 1. The second-order valence-electron chi connectivity index (χ2n) is 6.05. The predicted molar refractivity (Wildman–Crippen MR) is 91.6 cm³/mol. The highest BCUT2D eigenvalue weighted by molar-refractivity contribution is 7.13. The minimum atomic E-state index is -0.275. The Labute approximate surface area is 147 Å². The van der Waals surface area contributed by atoms with Crippen molar-refractivity contribution in [3.63, 3.8) is 0 Å². The van der Waals surface area contributed by atoms with Crippen molar-refractivity contribution in [2.75, 3.05) is 18.5 Å². The molecule has 0 saturated carbocycles. The molecule has 0 bridgehead atoms. The van der Waals surface area contributed by atoms with Gasteiger partial charge in [-0.2, -0.15) is 5.10 Å². The fourth-order valence-corrected chi connectivity index (χ4v) is 3.21. The Morgan fingerprint density at radius 2 is 2.28 bits per heavy atom. The molecular weight excluding hydrogens is 342 g/mol. The standard InChI is InChI=1S/C15H17N7O2S/c1-9(2)21-8-16-20-13(21)15-19-12(7-25-15)14(23)18-10-3-17-22(4-10)11-5-24-6-11/h3-4,7-9,11H,5-6H2,1-2H3,(H,18,23). The summed E-state index contributed by atoms with van der Waals surface area (Å²) in [6.45, 7) is 5.39. The lowest BCUT2D eigenvalue weighted by atomic mass is 10.3. The van der Waals surface area contributed by atoms with Crippen LogP contribution in [0.4, 0.5) is 5.69 Å². The van der Waals surface area contributed by atoms with E-state index in [2.05, 4.69) is 25.6 Å². The first-order valence-corrected chi connectivity index (χ1v) is 8.78. The normalized spacial score (nSPS) is 14.7. The van der Waals surface area contributed by atoms with Crippen LogP contribution in [0.2, 0.25) is 0 Å². The number of rotatable bonds is 5. The van der Waals surface area contributed by atoms with E-state index in [0.717, 1.165) is 0 Å². The number of nitrogens with one attached hydrogen (secondary N) is 1. The molecule has 3 aromatic heterocycles. The molecule has 1 amide bonds. The van der Waals surface area contributed by atoms with Crippen molar-refractivity contribution in [2.24, 2.45) is 0 Å². The van der Waals surface area contributed by atoms with E-state index < -0.39 is 0 Å². The number of hydrogen-bond acceptors (Lipinski definition) is 7. The van der Waals surface area contributed by atoms with Gasteiger partial charge in [-0.1, -0.05) is 0 Å². The lowest BCUT2D eigenvalue weighted by Crippen LogP contribution is -2.30. The second kappa shape index (κ2) is 6.37. The zero-order valence-electron chi connectivity index (χ0n) is 13.8. The average Bonchev–Trinajstić information content (AvgIpc) is 3.25. The van der Waals surface area contributed by atoms with Crippen LogP contribution in [0.15, 0.2) is 24.1 Å². The van der Waals surface area contributed by atoms with Crippen molar-refractivity contribution in [3.05, 3.63) is 29.8 Å². The maximum atomic E-state index is 12.4. The number of thiazole rings is 1. The van der Waals surface area contributed by atoms with E-state index in [0.29, 0.717) is 35.4 Å². The summed E-state index contributed by atoms with van der Waals surface area (Å²) in [6, 6.07) is 0.464. The molecule has 0 aromatic carbocycles. The molecule has 0 radical (unpaired) electrons. The van der Waals surface area contributed by atoms with Crippen molar-refractivity contribution in [1.29, 1.82) is 0 Å². The largest absolute Gasteiger partial charge is 0.377 e. The van der Waals surface area contributed by atoms with Gasteiger partial charge in [-0.15, -0.1) is 21.5 Å². The Bertz CT molecular complexity index is 893. The number of amides is 1. The predicted octanol–water partition coefficient (Wildman–Crippen LogP) is 2.00. The first-order valence-electron chi connectivity index (χ1n) is 7.90. The Kier molecular flexibility index (Phi) is 4.06. The molecule has 0 spiro atoms. The van der Waals surface area contributed by atoms with E-state index in [1.807, 2.05) is 18.4 Å². The van der Waals surface area contributed by atoms with Crippen molar-refractivity contribution in [2.45, 2.75) is 25.9 Å². The summed E-state index contributed by atoms with van der Waals surface area (Å²) in [6.07, 6.45) is 5.09. The van der Waals surface area contributed by atoms with Gasteiger partial charge in [0.2, 0.25) is 0 Å². The first-order chi connectivity index (χ1) is 12.1. The summed E-state index contributed by atoms with van der Waals surface area (Å²) in [5.41, 5.74) is 0.981. The lowest BCUT2D eigenvalue weighted by molar-refractivity contribution is -0.0286. The van der Waals surface area contributed by atoms with E-state index in [-0.39, 0.29) is 18.0 Å². The molecule has 0 aliphatic carbocycles. The molecule has 25 heavy (non-hydrogen) atoms. The zero-order valence-corrected chi connectivity index (χ0v) is 14.6. The van der Waals surface area contributed by atoms with Crippen molar-refractivity contribution >= 4 is 22.9 Å². The number of anilines is 1. The van der Waals surface area contributed by atoms with Gasteiger partial charge in [-0.05, 0) is 13.8 Å². The summed E-state index contributed by atoms with van der Waals surface area (Å²) in [5, 5.41) is 17.5. The molecule has 3 aromatic rings. The highest BCUT2D eigenvalue weighted by Crippen LogP contribution is 2.24. The summed E-state index contributed by atoms with van der Waals surface area (Å²) in [5.74, 6) is 0.388. The molecule has 0 unspecified atom stereocenters. The van der Waals surface area contributed by atoms with Crippen molar-refractivity contribution in [1.82, 2.24) is 29.5 Å². The molecule has 9 nitrogen and oxygen atoms in total. The van der Waals surface area contributed by atoms with E-state index >= 15 is 0 Å². The second-order valence-corrected chi connectivity index (χ2v) is 6.91. The van der Waals surface area contributed by atoms with Crippen LogP contribution in [0.5, 0.6) is 0 Å². The van der Waals surface area contributed by atoms with Gasteiger partial charge in [-0.25, -0.2) is 4.98 Å². The Morgan fingerprint density at radius 1 is 1.44 bits per heavy atom. The minimum absolute atomic E-state index is 0.215. The van der Waals surface area contributed by atoms with Crippen LogP contribution in [0.3, 0.4) is 0 Å². The molecule has 130 valence electrons. The number of carbonyl (C=O) groups excluding carboxylic acids is 1. The van der Waals surface area contributed by atoms with Crippen LogP contribution in [0, 0.1) is 0 Å². The molecule has 1 aliphatic rings. The molecule has 0 atom stereocenters. The minimum Gasteiger partial charge on any atom is -0.377 e. The fraction of sp³-hybridized carbons (Fsp3) is 0.400. The molecule has 1 fully saturated rings. The van der Waals surface area contributed by atoms with Crippen molar-refractivity contribution in [3.8, 4) is 10.8 Å². The van der Waals surface area contributed by atoms with Crippen LogP contribution in [0.1, 0.15) is 36.4 Å². The van der Waals surface area contributed by atoms with Gasteiger partial charge >= 0.3 is 0 Å². The maximum Gasteiger partial charge on any atom is 0.275 e. The Morgan fingerprint density at radius 3 is 3.00 bits per heavy atom. The van der Waals surface area contributed by atoms with Crippen LogP contribution in [-0.2, 0) is 4.74 Å². The number of carbonyl (C=O) groups is 1. The number of nitrogens with zero attached hydrogens (tertiary/aromatic N) is 6. The molecule has 4 rings (SSSR count). The average molecular weight is 359 g/mol. The van der Waals surface area contributed by atoms with Gasteiger partial charge in [0.15, 0.2) is 10.8 Å². The van der Waals surface area contributed by atoms with Gasteiger partial charge in [0.1, 0.15) is 12.0 Å². The monoisotopic (exact) mass is 359 g/mol. The summed E-state index contributed by atoms with van der Waals surface area (Å²) in [7, 11) is 0. The van der Waals surface area contributed by atoms with Crippen LogP contribution in [-0.4, -0.2) is 48.6 Å². The van der Waals surface area contributed by atoms with Gasteiger partial charge in [0, 0.05) is 17.6 Å². The van der Waals surface area contributed by atoms with Gasteiger partial charge in [-0.3, -0.25) is 9.48 Å². The highest BCUT2D eigenvalue weighted by Gasteiger charge is 2.22. The van der Waals surface area contributed by atoms with Crippen molar-refractivity contribution < 1.29 is 9.53 Å². The summed E-state index contributed by atoms with van der Waals surface area (Å²) in [4.78, 5) is 16.8. The smallest absolute Gasteiger partial charge is 0.275 e. The van der Waals surface area contributed by atoms with Crippen LogP contribution in [0.25, 0.3) is 10.8 Å².